The van der Waals surface area contributed by atoms with E-state index in [1.54, 1.807) is 0 Å². The van der Waals surface area contributed by atoms with Crippen LogP contribution in [0, 0.1) is 6.92 Å². The van der Waals surface area contributed by atoms with E-state index >= 15 is 0 Å². The Morgan fingerprint density at radius 3 is 3.06 bits per heavy atom. The van der Waals surface area contributed by atoms with Crippen LogP contribution >= 0.6 is 15.9 Å². The smallest absolute Gasteiger partial charge is 0.251 e. The Balaban J connectivity index is 1.99. The Hall–Kier alpha value is -0.870. The Morgan fingerprint density at radius 1 is 1.44 bits per heavy atom. The van der Waals surface area contributed by atoms with E-state index in [1.807, 2.05) is 25.1 Å². The van der Waals surface area contributed by atoms with Crippen LogP contribution in [0.4, 0.5) is 0 Å². The first-order valence-electron chi connectivity index (χ1n) is 6.44. The van der Waals surface area contributed by atoms with Crippen molar-refractivity contribution in [1.29, 1.82) is 0 Å². The largest absolute Gasteiger partial charge is 0.348 e. The van der Waals surface area contributed by atoms with Crippen LogP contribution in [0.5, 0.6) is 0 Å². The van der Waals surface area contributed by atoms with Crippen LogP contribution in [0.3, 0.4) is 0 Å². The van der Waals surface area contributed by atoms with Gasteiger partial charge in [0.25, 0.3) is 5.91 Å². The van der Waals surface area contributed by atoms with Gasteiger partial charge in [0.2, 0.25) is 0 Å². The van der Waals surface area contributed by atoms with E-state index in [0.29, 0.717) is 0 Å². The molecule has 0 spiro atoms. The zero-order chi connectivity index (χ0) is 13.0. The number of carbonyl (C=O) groups excluding carboxylic acids is 1. The lowest BCUT2D eigenvalue weighted by Crippen LogP contribution is -2.40. The summed E-state index contributed by atoms with van der Waals surface area (Å²) in [5, 5.41) is 6.46. The molecule has 1 saturated heterocycles. The van der Waals surface area contributed by atoms with Crippen LogP contribution in [0.25, 0.3) is 0 Å². The number of halogens is 1. The van der Waals surface area contributed by atoms with Gasteiger partial charge in [0.15, 0.2) is 0 Å². The van der Waals surface area contributed by atoms with E-state index < -0.39 is 0 Å². The number of benzene rings is 1. The molecule has 0 radical (unpaired) electrons. The molecule has 2 rings (SSSR count). The van der Waals surface area contributed by atoms with Gasteiger partial charge in [0.05, 0.1) is 0 Å². The number of carbonyl (C=O) groups is 1. The van der Waals surface area contributed by atoms with E-state index in [1.165, 1.54) is 12.8 Å². The number of hydrogen-bond donors (Lipinski definition) is 2. The van der Waals surface area contributed by atoms with Gasteiger partial charge in [-0.05, 0) is 50.1 Å². The van der Waals surface area contributed by atoms with Gasteiger partial charge in [-0.3, -0.25) is 4.79 Å². The predicted octanol–water partition coefficient (Wildman–Crippen LogP) is 2.63. The van der Waals surface area contributed by atoms with Crippen LogP contribution in [-0.2, 0) is 0 Å². The van der Waals surface area contributed by atoms with Crippen LogP contribution < -0.4 is 10.6 Å². The molecule has 1 unspecified atom stereocenters. The molecule has 1 aromatic carbocycles. The molecule has 0 aromatic heterocycles. The lowest BCUT2D eigenvalue weighted by molar-refractivity contribution is 0.0935. The quantitative estimate of drug-likeness (QED) is 0.881. The summed E-state index contributed by atoms with van der Waals surface area (Å²) in [6.07, 6.45) is 3.44. The molecule has 3 nitrogen and oxygen atoms in total. The van der Waals surface area contributed by atoms with Crippen molar-refractivity contribution in [2.75, 3.05) is 13.1 Å². The van der Waals surface area contributed by atoms with Crippen LogP contribution in [0.1, 0.15) is 35.2 Å². The summed E-state index contributed by atoms with van der Waals surface area (Å²) >= 11 is 3.45. The first-order chi connectivity index (χ1) is 8.66. The third kappa shape index (κ3) is 3.56. The number of nitrogens with one attached hydrogen (secondary N) is 2. The molecule has 1 heterocycles. The molecule has 1 fully saturated rings. The second-order valence-electron chi connectivity index (χ2n) is 4.83. The molecule has 1 aromatic rings. The van der Waals surface area contributed by atoms with Crippen molar-refractivity contribution >= 4 is 21.8 Å². The normalized spacial score (nSPS) is 20.2. The minimum atomic E-state index is 0.0271. The number of hydrogen-bond acceptors (Lipinski definition) is 2. The molecular weight excluding hydrogens is 292 g/mol. The second-order valence-corrected chi connectivity index (χ2v) is 5.69. The first-order valence-corrected chi connectivity index (χ1v) is 7.24. The fraction of sp³-hybridized carbons (Fsp3) is 0.500. The molecule has 0 bridgehead atoms. The minimum absolute atomic E-state index is 0.0271. The minimum Gasteiger partial charge on any atom is -0.348 e. The van der Waals surface area contributed by atoms with E-state index in [2.05, 4.69) is 26.6 Å². The summed E-state index contributed by atoms with van der Waals surface area (Å²) in [4.78, 5) is 12.1. The average Bonchev–Trinajstić information content (AvgIpc) is 2.61. The van der Waals surface area contributed by atoms with E-state index in [-0.39, 0.29) is 11.9 Å². The maximum absolute atomic E-state index is 12.1. The van der Waals surface area contributed by atoms with Crippen molar-refractivity contribution < 1.29 is 4.79 Å². The molecule has 98 valence electrons. The molecule has 4 heteroatoms. The number of aryl methyl sites for hydroxylation is 1. The third-order valence-corrected chi connectivity index (χ3v) is 4.19. The molecule has 2 N–H and O–H groups in total. The summed E-state index contributed by atoms with van der Waals surface area (Å²) in [7, 11) is 0. The lowest BCUT2D eigenvalue weighted by atomic mass is 10.1. The monoisotopic (exact) mass is 310 g/mol. The highest BCUT2D eigenvalue weighted by Crippen LogP contribution is 2.17. The van der Waals surface area contributed by atoms with Gasteiger partial charge in [0, 0.05) is 22.6 Å². The summed E-state index contributed by atoms with van der Waals surface area (Å²) in [6.45, 7) is 3.93. The van der Waals surface area contributed by atoms with Gasteiger partial charge in [-0.1, -0.05) is 22.4 Å². The van der Waals surface area contributed by atoms with Crippen molar-refractivity contribution in [1.82, 2.24) is 10.6 Å². The molecule has 0 aliphatic carbocycles. The molecule has 1 amide bonds. The maximum atomic E-state index is 12.1. The Bertz CT molecular complexity index is 426. The summed E-state index contributed by atoms with van der Waals surface area (Å²) < 4.78 is 1.04. The third-order valence-electron chi connectivity index (χ3n) is 3.30. The van der Waals surface area contributed by atoms with E-state index in [9.17, 15) is 4.79 Å². The summed E-state index contributed by atoms with van der Waals surface area (Å²) in [6, 6.07) is 5.96. The lowest BCUT2D eigenvalue weighted by Gasteiger charge is -2.16. The van der Waals surface area contributed by atoms with Crippen molar-refractivity contribution in [3.8, 4) is 0 Å². The molecule has 1 aliphatic rings. The van der Waals surface area contributed by atoms with Gasteiger partial charge >= 0.3 is 0 Å². The highest BCUT2D eigenvalue weighted by molar-refractivity contribution is 9.10. The predicted molar refractivity (Wildman–Crippen MR) is 76.9 cm³/mol. The van der Waals surface area contributed by atoms with Gasteiger partial charge < -0.3 is 10.6 Å². The van der Waals surface area contributed by atoms with Gasteiger partial charge in [-0.2, -0.15) is 0 Å². The molecule has 18 heavy (non-hydrogen) atoms. The highest BCUT2D eigenvalue weighted by atomic mass is 79.9. The molecular formula is C14H19BrN2O. The fourth-order valence-corrected chi connectivity index (χ4v) is 2.44. The number of amides is 1. The maximum Gasteiger partial charge on any atom is 0.251 e. The zero-order valence-corrected chi connectivity index (χ0v) is 12.2. The second kappa shape index (κ2) is 6.34. The standard InChI is InChI=1S/C14H19BrN2O/c1-10-8-11(5-6-13(10)15)14(18)17-12-4-2-3-7-16-9-12/h5-6,8,12,16H,2-4,7,9H2,1H3,(H,17,18). The molecule has 1 aliphatic heterocycles. The first kappa shape index (κ1) is 13.6. The number of rotatable bonds is 2. The Morgan fingerprint density at radius 2 is 2.28 bits per heavy atom. The average molecular weight is 311 g/mol. The highest BCUT2D eigenvalue weighted by Gasteiger charge is 2.15. The zero-order valence-electron chi connectivity index (χ0n) is 10.6. The topological polar surface area (TPSA) is 41.1 Å². The SMILES string of the molecule is Cc1cc(C(=O)NC2CCCCNC2)ccc1Br. The summed E-state index contributed by atoms with van der Waals surface area (Å²) in [5.41, 5.74) is 1.82. The van der Waals surface area contributed by atoms with Crippen molar-refractivity contribution in [3.05, 3.63) is 33.8 Å². The van der Waals surface area contributed by atoms with Gasteiger partial charge in [0.1, 0.15) is 0 Å². The molecule has 1 atom stereocenters. The van der Waals surface area contributed by atoms with E-state index in [0.717, 1.165) is 35.1 Å². The molecule has 0 saturated carbocycles. The Labute approximate surface area is 116 Å². The van der Waals surface area contributed by atoms with Crippen LogP contribution in [0.2, 0.25) is 0 Å². The van der Waals surface area contributed by atoms with Gasteiger partial charge in [-0.15, -0.1) is 0 Å². The van der Waals surface area contributed by atoms with Gasteiger partial charge in [-0.25, -0.2) is 0 Å². The summed E-state index contributed by atoms with van der Waals surface area (Å²) in [5.74, 6) is 0.0271. The van der Waals surface area contributed by atoms with Crippen molar-refractivity contribution in [2.45, 2.75) is 32.2 Å². The van der Waals surface area contributed by atoms with Crippen molar-refractivity contribution in [2.24, 2.45) is 0 Å². The van der Waals surface area contributed by atoms with Crippen molar-refractivity contribution in [3.63, 3.8) is 0 Å². The van der Waals surface area contributed by atoms with Crippen LogP contribution in [-0.4, -0.2) is 25.0 Å². The van der Waals surface area contributed by atoms with E-state index in [4.69, 9.17) is 0 Å². The van der Waals surface area contributed by atoms with Crippen LogP contribution in [0.15, 0.2) is 22.7 Å². The fourth-order valence-electron chi connectivity index (χ4n) is 2.20. The Kier molecular flexibility index (Phi) is 4.78.